The normalized spacial score (nSPS) is 20.0. The highest BCUT2D eigenvalue weighted by Gasteiger charge is 2.48. The highest BCUT2D eigenvalue weighted by Crippen LogP contribution is 2.26. The van der Waals surface area contributed by atoms with Crippen LogP contribution in [0.1, 0.15) is 226 Å². The van der Waals surface area contributed by atoms with E-state index in [0.717, 1.165) is 44.9 Å². The summed E-state index contributed by atoms with van der Waals surface area (Å²) in [7, 11) is -5.06. The Morgan fingerprint density at radius 1 is 0.603 bits per heavy atom. The van der Waals surface area contributed by atoms with Gasteiger partial charge in [-0.25, -0.2) is 4.18 Å². The fraction of sp³-hybridized carbons (Fsp3) is 0.900. The van der Waals surface area contributed by atoms with Crippen molar-refractivity contribution in [2.75, 3.05) is 26.4 Å². The zero-order valence-corrected chi connectivity index (χ0v) is 40.7. The van der Waals surface area contributed by atoms with E-state index in [2.05, 4.69) is 42.3 Å². The Kier molecular flexibility index (Phi) is 39.7. The van der Waals surface area contributed by atoms with Gasteiger partial charge in [0.25, 0.3) is 0 Å². The average molecular weight is 919 g/mol. The Morgan fingerprint density at radius 2 is 1.05 bits per heavy atom. The summed E-state index contributed by atoms with van der Waals surface area (Å²) in [6.45, 7) is 4.01. The summed E-state index contributed by atoms with van der Waals surface area (Å²) >= 11 is 0. The first-order valence-electron chi connectivity index (χ1n) is 25.6. The Hall–Kier alpha value is -1.42. The van der Waals surface area contributed by atoms with Crippen molar-refractivity contribution in [2.45, 2.75) is 263 Å². The molecular weight excluding hydrogens is 825 g/mol. The van der Waals surface area contributed by atoms with Gasteiger partial charge in [0, 0.05) is 13.0 Å². The summed E-state index contributed by atoms with van der Waals surface area (Å²) in [5.74, 6) is -0.398. The predicted molar refractivity (Wildman–Crippen MR) is 253 cm³/mol. The lowest BCUT2D eigenvalue weighted by Crippen LogP contribution is -2.60. The zero-order valence-electron chi connectivity index (χ0n) is 39.9. The van der Waals surface area contributed by atoms with Crippen LogP contribution < -0.4 is 0 Å². The molecule has 1 rings (SSSR count). The highest BCUT2D eigenvalue weighted by atomic mass is 32.3. The number of carbonyl (C=O) groups is 1. The van der Waals surface area contributed by atoms with Gasteiger partial charge in [0.2, 0.25) is 0 Å². The topological polar surface area (TPSA) is 178 Å². The number of esters is 1. The summed E-state index contributed by atoms with van der Waals surface area (Å²) in [6.07, 6.45) is 39.2. The van der Waals surface area contributed by atoms with Gasteiger partial charge < -0.3 is 34.3 Å². The van der Waals surface area contributed by atoms with Gasteiger partial charge in [-0.2, -0.15) is 8.42 Å². The third-order valence-corrected chi connectivity index (χ3v) is 12.3. The lowest BCUT2D eigenvalue weighted by atomic mass is 9.99. The van der Waals surface area contributed by atoms with Crippen LogP contribution >= 0.6 is 0 Å². The first-order valence-corrected chi connectivity index (χ1v) is 27.0. The fourth-order valence-corrected chi connectivity index (χ4v) is 8.45. The van der Waals surface area contributed by atoms with Crippen LogP contribution in [0.15, 0.2) is 24.3 Å². The molecule has 0 aromatic carbocycles. The maximum absolute atomic E-state index is 12.9. The number of aliphatic hydroxyl groups is 3. The predicted octanol–water partition coefficient (Wildman–Crippen LogP) is 11.6. The Labute approximate surface area is 384 Å². The molecule has 63 heavy (non-hydrogen) atoms. The molecule has 0 amide bonds. The summed E-state index contributed by atoms with van der Waals surface area (Å²) in [5.41, 5.74) is 0. The number of hydrogen-bond donors (Lipinski definition) is 4. The minimum Gasteiger partial charge on any atom is -0.457 e. The lowest BCUT2D eigenvalue weighted by molar-refractivity contribution is -0.301. The molecule has 0 aliphatic carbocycles. The van der Waals surface area contributed by atoms with Crippen LogP contribution in [0.2, 0.25) is 0 Å². The molecule has 0 bridgehead atoms. The van der Waals surface area contributed by atoms with Crippen molar-refractivity contribution in [1.29, 1.82) is 0 Å². The highest BCUT2D eigenvalue weighted by molar-refractivity contribution is 7.80. The van der Waals surface area contributed by atoms with E-state index in [9.17, 15) is 33.1 Å². The molecule has 6 unspecified atom stereocenters. The lowest BCUT2D eigenvalue weighted by Gasteiger charge is -2.41. The number of rotatable bonds is 45. The van der Waals surface area contributed by atoms with Crippen molar-refractivity contribution in [3.8, 4) is 0 Å². The Bertz CT molecular complexity index is 1200. The quantitative estimate of drug-likeness (QED) is 0.0197. The molecule has 1 heterocycles. The molecule has 12 nitrogen and oxygen atoms in total. The second kappa shape index (κ2) is 42.0. The molecule has 4 N–H and O–H groups in total. The van der Waals surface area contributed by atoms with E-state index in [1.807, 2.05) is 0 Å². The largest absolute Gasteiger partial charge is 0.457 e. The van der Waals surface area contributed by atoms with Gasteiger partial charge in [-0.05, 0) is 44.9 Å². The summed E-state index contributed by atoms with van der Waals surface area (Å²) in [4.78, 5) is 12.9. The van der Waals surface area contributed by atoms with Gasteiger partial charge >= 0.3 is 16.4 Å². The molecule has 0 saturated carbocycles. The molecule has 13 heteroatoms. The minimum absolute atomic E-state index is 0.0398. The van der Waals surface area contributed by atoms with E-state index >= 15 is 0 Å². The molecule has 1 aliphatic rings. The van der Waals surface area contributed by atoms with E-state index in [-0.39, 0.29) is 19.6 Å². The van der Waals surface area contributed by atoms with Gasteiger partial charge in [-0.1, -0.05) is 199 Å². The number of hydrogen-bond acceptors (Lipinski definition) is 11. The second-order valence-electron chi connectivity index (χ2n) is 17.8. The van der Waals surface area contributed by atoms with Gasteiger partial charge in [0.1, 0.15) is 30.5 Å². The van der Waals surface area contributed by atoms with Crippen LogP contribution in [0.5, 0.6) is 0 Å². The summed E-state index contributed by atoms with van der Waals surface area (Å²) in [6, 6.07) is 0. The fourth-order valence-electron chi connectivity index (χ4n) is 7.94. The minimum atomic E-state index is -5.06. The van der Waals surface area contributed by atoms with Crippen LogP contribution in [-0.2, 0) is 38.3 Å². The maximum atomic E-state index is 12.9. The van der Waals surface area contributed by atoms with Gasteiger partial charge in [0.15, 0.2) is 6.29 Å². The molecule has 6 atom stereocenters. The Morgan fingerprint density at radius 3 is 1.51 bits per heavy atom. The molecule has 0 aromatic heterocycles. The van der Waals surface area contributed by atoms with Crippen LogP contribution in [0.3, 0.4) is 0 Å². The van der Waals surface area contributed by atoms with E-state index < -0.39 is 59.8 Å². The SMILES string of the molecule is CCCCCCC/C=C\C/C=C\CCCCCCCCCCCCCC(=O)OC(COCCCCCCCCCCCCCCC)COC1OC(CO)C(O)C(OS(=O)(=O)O)C1O. The number of aliphatic hydroxyl groups excluding tert-OH is 3. The van der Waals surface area contributed by atoms with Crippen molar-refractivity contribution in [3.63, 3.8) is 0 Å². The molecule has 0 spiro atoms. The average Bonchev–Trinajstić information content (AvgIpc) is 3.26. The third kappa shape index (κ3) is 35.4. The molecule has 372 valence electrons. The van der Waals surface area contributed by atoms with Crippen molar-refractivity contribution in [3.05, 3.63) is 24.3 Å². The van der Waals surface area contributed by atoms with Gasteiger partial charge in [-0.15, -0.1) is 0 Å². The van der Waals surface area contributed by atoms with Crippen molar-refractivity contribution in [1.82, 2.24) is 0 Å². The van der Waals surface area contributed by atoms with Crippen LogP contribution in [0.25, 0.3) is 0 Å². The van der Waals surface area contributed by atoms with E-state index in [1.165, 1.54) is 154 Å². The first kappa shape index (κ1) is 59.6. The number of ether oxygens (including phenoxy) is 4. The number of allylic oxidation sites excluding steroid dienone is 4. The van der Waals surface area contributed by atoms with Gasteiger partial charge in [0.05, 0.1) is 19.8 Å². The molecule has 1 saturated heterocycles. The molecule has 0 aromatic rings. The van der Waals surface area contributed by atoms with E-state index in [4.69, 9.17) is 18.9 Å². The Balaban J connectivity index is 2.32. The smallest absolute Gasteiger partial charge is 0.397 e. The maximum Gasteiger partial charge on any atom is 0.397 e. The van der Waals surface area contributed by atoms with Crippen molar-refractivity contribution < 1.29 is 56.2 Å². The number of carbonyl (C=O) groups excluding carboxylic acids is 1. The summed E-state index contributed by atoms with van der Waals surface area (Å²) in [5, 5.41) is 30.7. The third-order valence-electron chi connectivity index (χ3n) is 11.8. The molecule has 0 radical (unpaired) electrons. The van der Waals surface area contributed by atoms with Crippen molar-refractivity contribution in [2.24, 2.45) is 0 Å². The standard InChI is InChI=1S/C50H94O12S/c1-3-5-7-9-11-13-15-17-18-19-20-21-22-23-24-25-26-27-29-31-33-35-37-39-46(52)60-44(42-58-40-38-36-34-32-30-28-16-14-12-10-8-6-4-2)43-59-50-48(54)49(62-63(55,56)57)47(53)45(41-51)61-50/h15,17,19-20,44-45,47-51,53-54H,3-14,16,18,21-43H2,1-2H3,(H,55,56,57)/b17-15-,20-19-. The zero-order chi connectivity index (χ0) is 46.1. The van der Waals surface area contributed by atoms with Crippen LogP contribution in [0.4, 0.5) is 0 Å². The molecule has 1 aliphatic heterocycles. The van der Waals surface area contributed by atoms with Crippen LogP contribution in [-0.4, -0.2) is 97.5 Å². The van der Waals surface area contributed by atoms with E-state index in [1.54, 1.807) is 0 Å². The summed E-state index contributed by atoms with van der Waals surface area (Å²) < 4.78 is 59.2. The van der Waals surface area contributed by atoms with Crippen molar-refractivity contribution >= 4 is 16.4 Å². The van der Waals surface area contributed by atoms with Crippen LogP contribution in [0, 0.1) is 0 Å². The molecule has 1 fully saturated rings. The monoisotopic (exact) mass is 919 g/mol. The number of unbranched alkanes of at least 4 members (excludes halogenated alkanes) is 28. The van der Waals surface area contributed by atoms with Gasteiger partial charge in [-0.3, -0.25) is 9.35 Å². The van der Waals surface area contributed by atoms with E-state index in [0.29, 0.717) is 13.0 Å². The second-order valence-corrected chi connectivity index (χ2v) is 18.8. The first-order chi connectivity index (χ1) is 30.6. The molecular formula is C50H94O12S.